The van der Waals surface area contributed by atoms with E-state index in [2.05, 4.69) is 10.4 Å². The highest BCUT2D eigenvalue weighted by molar-refractivity contribution is 6.06. The van der Waals surface area contributed by atoms with Gasteiger partial charge in [0.25, 0.3) is 5.91 Å². The van der Waals surface area contributed by atoms with Crippen LogP contribution in [0.5, 0.6) is 0 Å². The van der Waals surface area contributed by atoms with E-state index in [0.717, 1.165) is 18.5 Å². The molecule has 1 aliphatic heterocycles. The van der Waals surface area contributed by atoms with Crippen LogP contribution < -0.4 is 5.32 Å². The van der Waals surface area contributed by atoms with Crippen molar-refractivity contribution < 1.29 is 14.0 Å². The molecule has 2 aromatic heterocycles. The third-order valence-electron chi connectivity index (χ3n) is 5.64. The summed E-state index contributed by atoms with van der Waals surface area (Å²) in [5.74, 6) is 0.0419. The fraction of sp³-hybridized carbons (Fsp3) is 0.160. The SMILES string of the molecule is O=C(Nc1cccc(CN2CCCC2=O)c1)c1cnn(-c2ccc(F)cc2)c1-n1cccc1. The molecule has 0 radical (unpaired) electrons. The second kappa shape index (κ2) is 8.74. The number of carbonyl (C=O) groups excluding carboxylic acids is 2. The molecule has 2 amide bonds. The van der Waals surface area contributed by atoms with Gasteiger partial charge in [0.2, 0.25) is 5.91 Å². The van der Waals surface area contributed by atoms with Crippen molar-refractivity contribution in [1.29, 1.82) is 0 Å². The maximum absolute atomic E-state index is 13.4. The van der Waals surface area contributed by atoms with Gasteiger partial charge in [-0.2, -0.15) is 5.10 Å². The normalized spacial score (nSPS) is 13.5. The number of nitrogens with zero attached hydrogens (tertiary/aromatic N) is 4. The summed E-state index contributed by atoms with van der Waals surface area (Å²) in [5, 5.41) is 7.34. The molecule has 7 nitrogen and oxygen atoms in total. The van der Waals surface area contributed by atoms with Crippen LogP contribution in [-0.2, 0) is 11.3 Å². The number of aromatic nitrogens is 3. The maximum Gasteiger partial charge on any atom is 0.261 e. The molecule has 0 atom stereocenters. The lowest BCUT2D eigenvalue weighted by molar-refractivity contribution is -0.128. The van der Waals surface area contributed by atoms with E-state index in [1.54, 1.807) is 21.4 Å². The van der Waals surface area contributed by atoms with Crippen molar-refractivity contribution in [3.05, 3.63) is 96.2 Å². The standard InChI is InChI=1S/C25H22FN5O2/c26-19-8-10-21(11-9-19)31-25(29-12-1-2-13-29)22(16-27-31)24(33)28-20-6-3-5-18(15-20)17-30-14-4-7-23(30)32/h1-3,5-6,8-13,15-16H,4,7,14,17H2,(H,28,33). The molecule has 0 spiro atoms. The fourth-order valence-corrected chi connectivity index (χ4v) is 4.04. The number of likely N-dealkylation sites (tertiary alicyclic amines) is 1. The molecule has 0 aliphatic carbocycles. The van der Waals surface area contributed by atoms with Gasteiger partial charge in [-0.1, -0.05) is 12.1 Å². The number of carbonyl (C=O) groups is 2. The van der Waals surface area contributed by atoms with Gasteiger partial charge < -0.3 is 14.8 Å². The van der Waals surface area contributed by atoms with Crippen molar-refractivity contribution in [2.24, 2.45) is 0 Å². The summed E-state index contributed by atoms with van der Waals surface area (Å²) in [6, 6.07) is 17.1. The molecule has 33 heavy (non-hydrogen) atoms. The predicted molar refractivity (Wildman–Crippen MR) is 122 cm³/mol. The van der Waals surface area contributed by atoms with Gasteiger partial charge >= 0.3 is 0 Å². The molecule has 3 heterocycles. The second-order valence-corrected chi connectivity index (χ2v) is 7.93. The molecule has 0 unspecified atom stereocenters. The van der Waals surface area contributed by atoms with Gasteiger partial charge in [0.05, 0.1) is 11.9 Å². The number of hydrogen-bond acceptors (Lipinski definition) is 3. The number of amides is 2. The molecule has 8 heteroatoms. The lowest BCUT2D eigenvalue weighted by Crippen LogP contribution is -2.23. The van der Waals surface area contributed by atoms with E-state index in [4.69, 9.17) is 0 Å². The minimum absolute atomic E-state index is 0.161. The van der Waals surface area contributed by atoms with Crippen molar-refractivity contribution in [3.63, 3.8) is 0 Å². The average Bonchev–Trinajstić information content (AvgIpc) is 3.56. The lowest BCUT2D eigenvalue weighted by Gasteiger charge is -2.16. The van der Waals surface area contributed by atoms with Crippen LogP contribution in [0, 0.1) is 5.82 Å². The summed E-state index contributed by atoms with van der Waals surface area (Å²) in [6.07, 6.45) is 6.62. The number of rotatable bonds is 6. The van der Waals surface area contributed by atoms with Crippen LogP contribution in [-0.4, -0.2) is 37.6 Å². The molecule has 2 aromatic carbocycles. The van der Waals surface area contributed by atoms with E-state index in [9.17, 15) is 14.0 Å². The van der Waals surface area contributed by atoms with Gasteiger partial charge in [0.1, 0.15) is 11.4 Å². The molecule has 0 bridgehead atoms. The molecule has 1 saturated heterocycles. The third kappa shape index (κ3) is 4.27. The van der Waals surface area contributed by atoms with Gasteiger partial charge in [-0.15, -0.1) is 0 Å². The minimum atomic E-state index is -0.345. The van der Waals surface area contributed by atoms with E-state index in [0.29, 0.717) is 35.7 Å². The van der Waals surface area contributed by atoms with Crippen molar-refractivity contribution in [1.82, 2.24) is 19.2 Å². The molecule has 1 aliphatic rings. The summed E-state index contributed by atoms with van der Waals surface area (Å²) in [4.78, 5) is 27.0. The summed E-state index contributed by atoms with van der Waals surface area (Å²) >= 11 is 0. The van der Waals surface area contributed by atoms with Crippen LogP contribution in [0.1, 0.15) is 28.8 Å². The topological polar surface area (TPSA) is 72.2 Å². The quantitative estimate of drug-likeness (QED) is 0.486. The number of anilines is 1. The van der Waals surface area contributed by atoms with Crippen molar-refractivity contribution >= 4 is 17.5 Å². The Morgan fingerprint density at radius 3 is 2.58 bits per heavy atom. The smallest absolute Gasteiger partial charge is 0.261 e. The maximum atomic E-state index is 13.4. The van der Waals surface area contributed by atoms with Crippen molar-refractivity contribution in [2.75, 3.05) is 11.9 Å². The highest BCUT2D eigenvalue weighted by atomic mass is 19.1. The predicted octanol–water partition coefficient (Wildman–Crippen LogP) is 4.18. The number of nitrogens with one attached hydrogen (secondary N) is 1. The zero-order valence-electron chi connectivity index (χ0n) is 17.8. The van der Waals surface area contributed by atoms with E-state index in [1.807, 2.05) is 53.7 Å². The zero-order valence-corrected chi connectivity index (χ0v) is 17.8. The molecule has 5 rings (SSSR count). The van der Waals surface area contributed by atoms with Gasteiger partial charge in [-0.25, -0.2) is 9.07 Å². The van der Waals surface area contributed by atoms with Crippen LogP contribution in [0.15, 0.2) is 79.3 Å². The zero-order chi connectivity index (χ0) is 22.8. The Hall–Kier alpha value is -4.20. The Morgan fingerprint density at radius 1 is 1.06 bits per heavy atom. The number of hydrogen-bond donors (Lipinski definition) is 1. The van der Waals surface area contributed by atoms with Crippen LogP contribution in [0.25, 0.3) is 11.5 Å². The Bertz CT molecular complexity index is 1290. The van der Waals surface area contributed by atoms with Crippen LogP contribution in [0.3, 0.4) is 0 Å². The summed E-state index contributed by atoms with van der Waals surface area (Å²) in [7, 11) is 0. The summed E-state index contributed by atoms with van der Waals surface area (Å²) in [5.41, 5.74) is 2.60. The highest BCUT2D eigenvalue weighted by Gasteiger charge is 2.22. The van der Waals surface area contributed by atoms with E-state index < -0.39 is 0 Å². The monoisotopic (exact) mass is 443 g/mol. The Kier molecular flexibility index (Phi) is 5.48. The largest absolute Gasteiger partial charge is 0.338 e. The molecule has 1 N–H and O–H groups in total. The first-order valence-corrected chi connectivity index (χ1v) is 10.7. The Labute approximate surface area is 190 Å². The first kappa shape index (κ1) is 20.7. The fourth-order valence-electron chi connectivity index (χ4n) is 4.04. The molecule has 0 saturated carbocycles. The molecule has 4 aromatic rings. The van der Waals surface area contributed by atoms with Crippen molar-refractivity contribution in [2.45, 2.75) is 19.4 Å². The Balaban J connectivity index is 1.43. The van der Waals surface area contributed by atoms with E-state index >= 15 is 0 Å². The first-order chi connectivity index (χ1) is 16.1. The summed E-state index contributed by atoms with van der Waals surface area (Å²) in [6.45, 7) is 1.29. The molecular weight excluding hydrogens is 421 g/mol. The highest BCUT2D eigenvalue weighted by Crippen LogP contribution is 2.22. The lowest BCUT2D eigenvalue weighted by atomic mass is 10.2. The number of benzene rings is 2. The first-order valence-electron chi connectivity index (χ1n) is 10.7. The molecular formula is C25H22FN5O2. The van der Waals surface area contributed by atoms with E-state index in [1.165, 1.54) is 18.3 Å². The number of halogens is 1. The minimum Gasteiger partial charge on any atom is -0.338 e. The van der Waals surface area contributed by atoms with Crippen LogP contribution in [0.4, 0.5) is 10.1 Å². The molecule has 166 valence electrons. The van der Waals surface area contributed by atoms with Crippen molar-refractivity contribution in [3.8, 4) is 11.5 Å². The van der Waals surface area contributed by atoms with Gasteiger partial charge in [-0.3, -0.25) is 9.59 Å². The summed E-state index contributed by atoms with van der Waals surface area (Å²) < 4.78 is 16.8. The van der Waals surface area contributed by atoms with Gasteiger partial charge in [0.15, 0.2) is 5.82 Å². The second-order valence-electron chi connectivity index (χ2n) is 7.93. The van der Waals surface area contributed by atoms with Gasteiger partial charge in [-0.05, 0) is 60.5 Å². The van der Waals surface area contributed by atoms with Crippen LogP contribution in [0.2, 0.25) is 0 Å². The van der Waals surface area contributed by atoms with Crippen LogP contribution >= 0.6 is 0 Å². The molecule has 1 fully saturated rings. The Morgan fingerprint density at radius 2 is 1.85 bits per heavy atom. The third-order valence-corrected chi connectivity index (χ3v) is 5.64. The average molecular weight is 443 g/mol. The van der Waals surface area contributed by atoms with Gasteiger partial charge in [0, 0.05) is 37.6 Å². The van der Waals surface area contributed by atoms with E-state index in [-0.39, 0.29) is 17.6 Å².